The fraction of sp³-hybridized carbons (Fsp3) is 0.706. The van der Waals surface area contributed by atoms with E-state index in [1.807, 2.05) is 0 Å². The summed E-state index contributed by atoms with van der Waals surface area (Å²) in [5.41, 5.74) is 2.70. The van der Waals surface area contributed by atoms with Crippen molar-refractivity contribution in [3.05, 3.63) is 23.5 Å². The minimum atomic E-state index is 0.335. The second kappa shape index (κ2) is 5.63. The molecular formula is C17H26N2O. The van der Waals surface area contributed by atoms with Crippen molar-refractivity contribution in [3.63, 3.8) is 0 Å². The normalized spacial score (nSPS) is 21.6. The van der Waals surface area contributed by atoms with Crippen molar-refractivity contribution >= 4 is 5.91 Å². The van der Waals surface area contributed by atoms with Crippen LogP contribution in [0.5, 0.6) is 0 Å². The second-order valence-electron chi connectivity index (χ2n) is 6.52. The van der Waals surface area contributed by atoms with Gasteiger partial charge in [-0.15, -0.1) is 0 Å². The number of likely N-dealkylation sites (tertiary alicyclic amines) is 1. The van der Waals surface area contributed by atoms with E-state index in [1.165, 1.54) is 24.2 Å². The molecule has 20 heavy (non-hydrogen) atoms. The number of carbonyl (C=O) groups excluding carboxylic acids is 1. The molecule has 2 aliphatic rings. The number of nitrogens with zero attached hydrogens (tertiary/aromatic N) is 2. The molecule has 1 amide bonds. The minimum absolute atomic E-state index is 0.335. The van der Waals surface area contributed by atoms with Crippen molar-refractivity contribution in [1.29, 1.82) is 0 Å². The number of hydrogen-bond acceptors (Lipinski definition) is 1. The Bertz CT molecular complexity index is 458. The summed E-state index contributed by atoms with van der Waals surface area (Å²) in [6, 6.07) is 4.98. The Hall–Kier alpha value is -1.25. The Kier molecular flexibility index (Phi) is 3.86. The smallest absolute Gasteiger partial charge is 0.225 e. The van der Waals surface area contributed by atoms with E-state index in [4.69, 9.17) is 0 Å². The summed E-state index contributed by atoms with van der Waals surface area (Å²) in [6.45, 7) is 6.25. The lowest BCUT2D eigenvalue weighted by Gasteiger charge is -2.35. The van der Waals surface area contributed by atoms with Crippen molar-refractivity contribution in [1.82, 2.24) is 9.47 Å². The largest absolute Gasteiger partial charge is 0.346 e. The first kappa shape index (κ1) is 13.7. The van der Waals surface area contributed by atoms with Crippen molar-refractivity contribution in [2.75, 3.05) is 13.1 Å². The number of carbonyl (C=O) groups is 1. The van der Waals surface area contributed by atoms with Crippen LogP contribution in [-0.2, 0) is 4.79 Å². The van der Waals surface area contributed by atoms with Crippen molar-refractivity contribution in [2.24, 2.45) is 5.92 Å². The molecule has 0 N–H and O–H groups in total. The van der Waals surface area contributed by atoms with Gasteiger partial charge in [0.1, 0.15) is 0 Å². The average Bonchev–Trinajstić information content (AvgIpc) is 3.09. The summed E-state index contributed by atoms with van der Waals surface area (Å²) in [4.78, 5) is 14.6. The number of rotatable bonds is 2. The Morgan fingerprint density at radius 3 is 2.10 bits per heavy atom. The van der Waals surface area contributed by atoms with Crippen LogP contribution in [0.4, 0.5) is 0 Å². The average molecular weight is 274 g/mol. The van der Waals surface area contributed by atoms with E-state index in [-0.39, 0.29) is 0 Å². The van der Waals surface area contributed by atoms with Gasteiger partial charge in [-0.2, -0.15) is 0 Å². The fourth-order valence-corrected chi connectivity index (χ4v) is 4.03. The first-order valence-corrected chi connectivity index (χ1v) is 8.10. The highest BCUT2D eigenvalue weighted by Gasteiger charge is 2.30. The highest BCUT2D eigenvalue weighted by molar-refractivity contribution is 5.79. The lowest BCUT2D eigenvalue weighted by atomic mass is 10.0. The van der Waals surface area contributed by atoms with Gasteiger partial charge in [0.2, 0.25) is 5.91 Å². The molecular weight excluding hydrogens is 248 g/mol. The summed E-state index contributed by atoms with van der Waals surface area (Å²) >= 11 is 0. The molecule has 110 valence electrons. The Labute approximate surface area is 122 Å². The number of aromatic nitrogens is 1. The van der Waals surface area contributed by atoms with Gasteiger partial charge in [-0.1, -0.05) is 12.8 Å². The summed E-state index contributed by atoms with van der Waals surface area (Å²) in [5, 5.41) is 0. The second-order valence-corrected chi connectivity index (χ2v) is 6.52. The van der Waals surface area contributed by atoms with E-state index in [0.29, 0.717) is 17.9 Å². The predicted octanol–water partition coefficient (Wildman–Crippen LogP) is 3.46. The molecule has 2 heterocycles. The van der Waals surface area contributed by atoms with Gasteiger partial charge < -0.3 is 9.47 Å². The highest BCUT2D eigenvalue weighted by atomic mass is 16.2. The van der Waals surface area contributed by atoms with E-state index in [9.17, 15) is 4.79 Å². The van der Waals surface area contributed by atoms with Crippen molar-refractivity contribution in [2.45, 2.75) is 58.4 Å². The van der Waals surface area contributed by atoms with Gasteiger partial charge in [-0.05, 0) is 51.7 Å². The molecule has 1 aliphatic heterocycles. The van der Waals surface area contributed by atoms with E-state index in [1.54, 1.807) is 0 Å². The number of amides is 1. The highest BCUT2D eigenvalue weighted by Crippen LogP contribution is 2.30. The maximum absolute atomic E-state index is 12.4. The standard InChI is InChI=1S/C17H26N2O/c1-13-7-8-14(2)19(13)16-9-11-18(12-10-16)17(20)15-5-3-4-6-15/h7-8,15-16H,3-6,9-12H2,1-2H3. The Balaban J connectivity index is 1.61. The summed E-state index contributed by atoms with van der Waals surface area (Å²) in [6.07, 6.45) is 6.94. The van der Waals surface area contributed by atoms with E-state index < -0.39 is 0 Å². The number of hydrogen-bond donors (Lipinski definition) is 0. The van der Waals surface area contributed by atoms with E-state index >= 15 is 0 Å². The molecule has 1 saturated carbocycles. The van der Waals surface area contributed by atoms with E-state index in [0.717, 1.165) is 38.8 Å². The molecule has 1 aliphatic carbocycles. The third-order valence-electron chi connectivity index (χ3n) is 5.17. The molecule has 3 heteroatoms. The molecule has 0 bridgehead atoms. The van der Waals surface area contributed by atoms with Gasteiger partial charge in [0.05, 0.1) is 0 Å². The minimum Gasteiger partial charge on any atom is -0.346 e. The van der Waals surface area contributed by atoms with Gasteiger partial charge in [-0.25, -0.2) is 0 Å². The van der Waals surface area contributed by atoms with Gasteiger partial charge in [0, 0.05) is 36.4 Å². The molecule has 3 rings (SSSR count). The van der Waals surface area contributed by atoms with Crippen LogP contribution in [0.3, 0.4) is 0 Å². The van der Waals surface area contributed by atoms with Crippen LogP contribution in [0.1, 0.15) is 56.0 Å². The lowest BCUT2D eigenvalue weighted by Crippen LogP contribution is -2.41. The maximum atomic E-state index is 12.4. The van der Waals surface area contributed by atoms with Crippen molar-refractivity contribution < 1.29 is 4.79 Å². The fourth-order valence-electron chi connectivity index (χ4n) is 4.03. The summed E-state index contributed by atoms with van der Waals surface area (Å²) < 4.78 is 2.46. The zero-order valence-corrected chi connectivity index (χ0v) is 12.8. The maximum Gasteiger partial charge on any atom is 0.225 e. The first-order chi connectivity index (χ1) is 9.66. The zero-order valence-electron chi connectivity index (χ0n) is 12.8. The van der Waals surface area contributed by atoms with Gasteiger partial charge in [0.15, 0.2) is 0 Å². The molecule has 1 aromatic rings. The van der Waals surface area contributed by atoms with Gasteiger partial charge in [-0.3, -0.25) is 4.79 Å². The summed E-state index contributed by atoms with van der Waals surface area (Å²) in [7, 11) is 0. The quantitative estimate of drug-likeness (QED) is 0.811. The lowest BCUT2D eigenvalue weighted by molar-refractivity contribution is -0.136. The Morgan fingerprint density at radius 1 is 1.00 bits per heavy atom. The molecule has 1 aromatic heterocycles. The molecule has 0 atom stereocenters. The van der Waals surface area contributed by atoms with Crippen LogP contribution >= 0.6 is 0 Å². The molecule has 2 fully saturated rings. The van der Waals surface area contributed by atoms with Crippen LogP contribution < -0.4 is 0 Å². The molecule has 1 saturated heterocycles. The topological polar surface area (TPSA) is 25.2 Å². The molecule has 0 radical (unpaired) electrons. The third-order valence-corrected chi connectivity index (χ3v) is 5.17. The number of piperidine rings is 1. The Morgan fingerprint density at radius 2 is 1.55 bits per heavy atom. The SMILES string of the molecule is Cc1ccc(C)n1C1CCN(C(=O)C2CCCC2)CC1. The third kappa shape index (κ3) is 2.50. The van der Waals surface area contributed by atoms with Crippen molar-refractivity contribution in [3.8, 4) is 0 Å². The first-order valence-electron chi connectivity index (χ1n) is 8.10. The molecule has 0 unspecified atom stereocenters. The van der Waals surface area contributed by atoms with Crippen LogP contribution in [0.2, 0.25) is 0 Å². The van der Waals surface area contributed by atoms with Crippen LogP contribution in [0, 0.1) is 19.8 Å². The molecule has 0 aromatic carbocycles. The van der Waals surface area contributed by atoms with Gasteiger partial charge in [0.25, 0.3) is 0 Å². The molecule has 0 spiro atoms. The predicted molar refractivity (Wildman–Crippen MR) is 80.7 cm³/mol. The van der Waals surface area contributed by atoms with Crippen LogP contribution in [0.15, 0.2) is 12.1 Å². The molecule has 3 nitrogen and oxygen atoms in total. The monoisotopic (exact) mass is 274 g/mol. The number of aryl methyl sites for hydroxylation is 2. The van der Waals surface area contributed by atoms with E-state index in [2.05, 4.69) is 35.4 Å². The summed E-state index contributed by atoms with van der Waals surface area (Å²) in [5.74, 6) is 0.767. The van der Waals surface area contributed by atoms with Gasteiger partial charge >= 0.3 is 0 Å². The van der Waals surface area contributed by atoms with Crippen LogP contribution in [-0.4, -0.2) is 28.5 Å². The zero-order chi connectivity index (χ0) is 14.1. The van der Waals surface area contributed by atoms with Crippen LogP contribution in [0.25, 0.3) is 0 Å².